The molecular formula is C24H38N2O3. The van der Waals surface area contributed by atoms with E-state index in [0.717, 1.165) is 25.7 Å². The molecule has 0 aromatic rings. The van der Waals surface area contributed by atoms with Crippen LogP contribution in [0.2, 0.25) is 0 Å². The van der Waals surface area contributed by atoms with Gasteiger partial charge in [0.15, 0.2) is 0 Å². The molecule has 0 spiro atoms. The Labute approximate surface area is 176 Å². The third-order valence-corrected chi connectivity index (χ3v) is 5.91. The maximum Gasteiger partial charge on any atom is 0.243 e. The van der Waals surface area contributed by atoms with Crippen molar-refractivity contribution in [2.45, 2.75) is 71.3 Å². The zero-order valence-electron chi connectivity index (χ0n) is 18.0. The first kappa shape index (κ1) is 25.0. The Morgan fingerprint density at radius 1 is 1.34 bits per heavy atom. The summed E-state index contributed by atoms with van der Waals surface area (Å²) < 4.78 is 5.26. The van der Waals surface area contributed by atoms with Gasteiger partial charge in [-0.25, -0.2) is 0 Å². The van der Waals surface area contributed by atoms with Crippen LogP contribution in [-0.2, 0) is 9.53 Å². The van der Waals surface area contributed by atoms with Crippen molar-refractivity contribution in [2.75, 3.05) is 13.2 Å². The molecule has 162 valence electrons. The summed E-state index contributed by atoms with van der Waals surface area (Å²) in [6, 6.07) is 2.48. The van der Waals surface area contributed by atoms with Crippen molar-refractivity contribution in [3.8, 4) is 12.0 Å². The molecule has 29 heavy (non-hydrogen) atoms. The van der Waals surface area contributed by atoms with Crippen molar-refractivity contribution in [3.05, 3.63) is 36.0 Å². The maximum atomic E-state index is 10.7. The maximum absolute atomic E-state index is 10.7. The number of aliphatic hydroxyl groups excluding tert-OH is 1. The van der Waals surface area contributed by atoms with E-state index in [1.165, 1.54) is 18.4 Å². The van der Waals surface area contributed by atoms with Crippen LogP contribution in [0.15, 0.2) is 36.0 Å². The number of hydrogen-bond acceptors (Lipinski definition) is 4. The van der Waals surface area contributed by atoms with Gasteiger partial charge in [-0.3, -0.25) is 4.79 Å². The van der Waals surface area contributed by atoms with Crippen molar-refractivity contribution in [1.82, 2.24) is 0 Å². The fraction of sp³-hybridized carbons (Fsp3) is 0.625. The van der Waals surface area contributed by atoms with Crippen LogP contribution < -0.4 is 11.5 Å². The Bertz CT molecular complexity index is 636. The second-order valence-corrected chi connectivity index (χ2v) is 7.86. The smallest absolute Gasteiger partial charge is 0.243 e. The molecule has 2 atom stereocenters. The number of carbonyl (C=O) groups is 1. The third-order valence-electron chi connectivity index (χ3n) is 5.91. The molecule has 0 aromatic carbocycles. The highest BCUT2D eigenvalue weighted by Gasteiger charge is 2.27. The minimum atomic E-state index is -0.498. The molecule has 1 fully saturated rings. The van der Waals surface area contributed by atoms with E-state index in [4.69, 9.17) is 16.2 Å². The van der Waals surface area contributed by atoms with Gasteiger partial charge in [-0.15, -0.1) is 0 Å². The van der Waals surface area contributed by atoms with Crippen LogP contribution in [0.4, 0.5) is 0 Å². The predicted octanol–water partition coefficient (Wildman–Crippen LogP) is 3.58. The van der Waals surface area contributed by atoms with Crippen LogP contribution in [-0.4, -0.2) is 30.3 Å². The summed E-state index contributed by atoms with van der Waals surface area (Å²) in [7, 11) is 0. The molecule has 5 N–H and O–H groups in total. The first-order valence-corrected chi connectivity index (χ1v) is 10.7. The van der Waals surface area contributed by atoms with Gasteiger partial charge >= 0.3 is 0 Å². The van der Waals surface area contributed by atoms with E-state index in [2.05, 4.69) is 38.0 Å². The summed E-state index contributed by atoms with van der Waals surface area (Å²) in [5.74, 6) is 2.91. The minimum Gasteiger partial charge on any atom is -0.389 e. The van der Waals surface area contributed by atoms with Gasteiger partial charge in [0.25, 0.3) is 0 Å². The van der Waals surface area contributed by atoms with E-state index in [1.807, 2.05) is 18.2 Å². The highest BCUT2D eigenvalue weighted by molar-refractivity contribution is 5.74. The van der Waals surface area contributed by atoms with Gasteiger partial charge in [0, 0.05) is 12.5 Å². The lowest BCUT2D eigenvalue weighted by atomic mass is 9.75. The molecule has 1 saturated carbocycles. The molecule has 0 radical (unpaired) electrons. The van der Waals surface area contributed by atoms with Crippen molar-refractivity contribution in [3.63, 3.8) is 0 Å². The molecule has 1 amide bonds. The number of aliphatic hydroxyl groups is 1. The summed E-state index contributed by atoms with van der Waals surface area (Å²) in [6.07, 6.45) is 17.5. The van der Waals surface area contributed by atoms with E-state index in [1.54, 1.807) is 0 Å². The first-order chi connectivity index (χ1) is 14.0. The van der Waals surface area contributed by atoms with Crippen molar-refractivity contribution in [1.29, 1.82) is 0 Å². The summed E-state index contributed by atoms with van der Waals surface area (Å²) >= 11 is 0. The summed E-state index contributed by atoms with van der Waals surface area (Å²) in [5, 5.41) is 10.5. The van der Waals surface area contributed by atoms with Crippen LogP contribution in [0.3, 0.4) is 0 Å². The molecule has 0 heterocycles. The molecule has 0 saturated heterocycles. The number of primary amides is 1. The van der Waals surface area contributed by atoms with Gasteiger partial charge in [0.1, 0.15) is 6.61 Å². The average molecular weight is 403 g/mol. The summed E-state index contributed by atoms with van der Waals surface area (Å²) in [5.41, 5.74) is 11.8. The van der Waals surface area contributed by atoms with Gasteiger partial charge in [0.2, 0.25) is 5.91 Å². The fourth-order valence-electron chi connectivity index (χ4n) is 3.86. The lowest BCUT2D eigenvalue weighted by molar-refractivity contribution is -0.122. The predicted molar refractivity (Wildman–Crippen MR) is 119 cm³/mol. The summed E-state index contributed by atoms with van der Waals surface area (Å²) in [4.78, 5) is 10.7. The van der Waals surface area contributed by atoms with Crippen LogP contribution in [0, 0.1) is 23.3 Å². The van der Waals surface area contributed by atoms with Gasteiger partial charge in [-0.1, -0.05) is 62.1 Å². The molecule has 0 aromatic heterocycles. The number of hydrogen-bond donors (Lipinski definition) is 3. The third kappa shape index (κ3) is 9.83. The standard InChI is InChI=1S/C24H38N2O3/c1-3-24(4-2,15-9-16-25)18-22(27)13-8-7-11-20-10-5-6-12-21(20)14-17-29-19-23(26)28/h7-8,11,13-14,20,22,27H,3-6,10,12,15,17-19,25H2,1-2H3,(H2,26,28)/b11-7+,13-8+,21-14+. The normalized spacial score (nSPS) is 20.1. The number of allylic oxidation sites excluding steroid dienone is 4. The Morgan fingerprint density at radius 2 is 2.10 bits per heavy atom. The van der Waals surface area contributed by atoms with E-state index < -0.39 is 12.0 Å². The number of nitrogens with two attached hydrogens (primary N) is 2. The summed E-state index contributed by atoms with van der Waals surface area (Å²) in [6.45, 7) is 4.65. The topological polar surface area (TPSA) is 98.6 Å². The molecule has 2 unspecified atom stereocenters. The van der Waals surface area contributed by atoms with E-state index in [0.29, 0.717) is 25.4 Å². The quantitative estimate of drug-likeness (QED) is 0.153. The molecule has 0 aliphatic heterocycles. The number of amides is 1. The zero-order valence-corrected chi connectivity index (χ0v) is 18.0. The lowest BCUT2D eigenvalue weighted by Gasteiger charge is -2.31. The average Bonchev–Trinajstić information content (AvgIpc) is 2.72. The SMILES string of the molecule is CCC(CC)(CC#CN)CC(O)/C=C/C=C/C1CCCC/C1=C\COCC(N)=O. The highest BCUT2D eigenvalue weighted by atomic mass is 16.5. The van der Waals surface area contributed by atoms with Crippen molar-refractivity contribution in [2.24, 2.45) is 22.8 Å². The van der Waals surface area contributed by atoms with E-state index in [-0.39, 0.29) is 12.0 Å². The monoisotopic (exact) mass is 402 g/mol. The number of carbonyl (C=O) groups excluding carboxylic acids is 1. The van der Waals surface area contributed by atoms with Gasteiger partial charge in [0.05, 0.1) is 12.7 Å². The van der Waals surface area contributed by atoms with Crippen LogP contribution in [0.5, 0.6) is 0 Å². The highest BCUT2D eigenvalue weighted by Crippen LogP contribution is 2.35. The van der Waals surface area contributed by atoms with E-state index >= 15 is 0 Å². The van der Waals surface area contributed by atoms with Crippen LogP contribution in [0.25, 0.3) is 0 Å². The Balaban J connectivity index is 2.61. The zero-order chi connectivity index (χ0) is 21.5. The van der Waals surface area contributed by atoms with E-state index in [9.17, 15) is 9.90 Å². The first-order valence-electron chi connectivity index (χ1n) is 10.7. The minimum absolute atomic E-state index is 0.00400. The van der Waals surface area contributed by atoms with Gasteiger partial charge in [-0.05, 0) is 49.9 Å². The second kappa shape index (κ2) is 14.0. The van der Waals surface area contributed by atoms with Crippen molar-refractivity contribution < 1.29 is 14.6 Å². The number of ether oxygens (including phenoxy) is 1. The molecular weight excluding hydrogens is 364 g/mol. The van der Waals surface area contributed by atoms with Gasteiger partial charge < -0.3 is 21.3 Å². The molecule has 1 aliphatic rings. The number of rotatable bonds is 12. The van der Waals surface area contributed by atoms with Crippen LogP contribution in [0.1, 0.15) is 65.2 Å². The van der Waals surface area contributed by atoms with Crippen LogP contribution >= 0.6 is 0 Å². The Hall–Kier alpha value is -2.03. The molecule has 0 bridgehead atoms. The molecule has 1 aliphatic carbocycles. The van der Waals surface area contributed by atoms with Crippen molar-refractivity contribution >= 4 is 5.91 Å². The molecule has 5 nitrogen and oxygen atoms in total. The Kier molecular flexibility index (Phi) is 12.1. The van der Waals surface area contributed by atoms with Gasteiger partial charge in [-0.2, -0.15) is 0 Å². The molecule has 5 heteroatoms. The largest absolute Gasteiger partial charge is 0.389 e. The molecule has 1 rings (SSSR count). The lowest BCUT2D eigenvalue weighted by Crippen LogP contribution is -2.24. The Morgan fingerprint density at radius 3 is 2.76 bits per heavy atom. The fourth-order valence-corrected chi connectivity index (χ4v) is 3.86. The second-order valence-electron chi connectivity index (χ2n) is 7.86.